The molecule has 0 saturated heterocycles. The molecule has 0 aliphatic heterocycles. The van der Waals surface area contributed by atoms with Crippen molar-refractivity contribution < 1.29 is 0 Å². The lowest BCUT2D eigenvalue weighted by atomic mass is 10.2. The zero-order valence-corrected chi connectivity index (χ0v) is 10.2. The van der Waals surface area contributed by atoms with Crippen LogP contribution in [0.4, 0.5) is 0 Å². The lowest BCUT2D eigenvalue weighted by Crippen LogP contribution is -2.27. The molecule has 1 heterocycles. The molecule has 16 heavy (non-hydrogen) atoms. The topological polar surface area (TPSA) is 16.1 Å². The van der Waals surface area contributed by atoms with Crippen LogP contribution in [0.2, 0.25) is 5.15 Å². The van der Waals surface area contributed by atoms with Crippen molar-refractivity contribution in [3.8, 4) is 0 Å². The molecule has 0 spiro atoms. The fourth-order valence-corrected chi connectivity index (χ4v) is 2.26. The van der Waals surface area contributed by atoms with Crippen molar-refractivity contribution in [3.63, 3.8) is 0 Å². The molecule has 1 aromatic rings. The van der Waals surface area contributed by atoms with Gasteiger partial charge in [-0.1, -0.05) is 17.7 Å². The molecule has 2 fully saturated rings. The van der Waals surface area contributed by atoms with E-state index in [0.717, 1.165) is 18.5 Å². The summed E-state index contributed by atoms with van der Waals surface area (Å²) < 4.78 is 0. The third-order valence-corrected chi connectivity index (χ3v) is 3.65. The van der Waals surface area contributed by atoms with Crippen molar-refractivity contribution in [2.45, 2.75) is 38.3 Å². The summed E-state index contributed by atoms with van der Waals surface area (Å²) in [5.74, 6) is 0.973. The molecule has 0 unspecified atom stereocenters. The number of halogens is 1. The molecule has 86 valence electrons. The van der Waals surface area contributed by atoms with Crippen molar-refractivity contribution in [1.82, 2.24) is 9.88 Å². The molecule has 3 rings (SSSR count). The molecule has 2 aliphatic carbocycles. The molecular weight excluding hydrogens is 220 g/mol. The Hall–Kier alpha value is -0.600. The molecule has 2 aliphatic rings. The second-order valence-electron chi connectivity index (χ2n) is 5.09. The summed E-state index contributed by atoms with van der Waals surface area (Å²) in [6.07, 6.45) is 7.54. The van der Waals surface area contributed by atoms with Gasteiger partial charge in [0.1, 0.15) is 5.15 Å². The minimum Gasteiger partial charge on any atom is -0.296 e. The predicted molar refractivity (Wildman–Crippen MR) is 65.4 cm³/mol. The van der Waals surface area contributed by atoms with Crippen LogP contribution in [0.3, 0.4) is 0 Å². The van der Waals surface area contributed by atoms with Crippen LogP contribution < -0.4 is 0 Å². The van der Waals surface area contributed by atoms with E-state index in [9.17, 15) is 0 Å². The molecule has 0 aromatic carbocycles. The van der Waals surface area contributed by atoms with Crippen LogP contribution in [0.25, 0.3) is 0 Å². The highest BCUT2D eigenvalue weighted by Crippen LogP contribution is 2.35. The van der Waals surface area contributed by atoms with Crippen molar-refractivity contribution in [1.29, 1.82) is 0 Å². The monoisotopic (exact) mass is 236 g/mol. The van der Waals surface area contributed by atoms with Crippen LogP contribution in [-0.4, -0.2) is 22.5 Å². The predicted octanol–water partition coefficient (Wildman–Crippen LogP) is 3.11. The van der Waals surface area contributed by atoms with Gasteiger partial charge in [-0.15, -0.1) is 0 Å². The highest BCUT2D eigenvalue weighted by atomic mass is 35.5. The van der Waals surface area contributed by atoms with E-state index in [-0.39, 0.29) is 0 Å². The molecule has 2 saturated carbocycles. The van der Waals surface area contributed by atoms with Crippen LogP contribution >= 0.6 is 11.6 Å². The normalized spacial score (nSPS) is 20.4. The first-order chi connectivity index (χ1) is 7.81. The zero-order valence-electron chi connectivity index (χ0n) is 9.40. The van der Waals surface area contributed by atoms with E-state index in [1.54, 1.807) is 0 Å². The molecule has 0 bridgehead atoms. The van der Waals surface area contributed by atoms with E-state index in [1.807, 2.05) is 12.3 Å². The molecule has 1 aromatic heterocycles. The molecule has 3 heteroatoms. The van der Waals surface area contributed by atoms with Crippen molar-refractivity contribution >= 4 is 11.6 Å². The Morgan fingerprint density at radius 1 is 1.25 bits per heavy atom. The van der Waals surface area contributed by atoms with E-state index in [4.69, 9.17) is 11.6 Å². The Labute approximate surface area is 102 Å². The van der Waals surface area contributed by atoms with Gasteiger partial charge in [-0.3, -0.25) is 4.90 Å². The van der Waals surface area contributed by atoms with Gasteiger partial charge in [-0.2, -0.15) is 0 Å². The number of hydrogen-bond acceptors (Lipinski definition) is 2. The largest absolute Gasteiger partial charge is 0.296 e. The molecule has 0 N–H and O–H groups in total. The summed E-state index contributed by atoms with van der Waals surface area (Å²) in [6.45, 7) is 2.33. The highest BCUT2D eigenvalue weighted by molar-refractivity contribution is 6.29. The third-order valence-electron chi connectivity index (χ3n) is 3.43. The molecule has 0 atom stereocenters. The van der Waals surface area contributed by atoms with E-state index >= 15 is 0 Å². The zero-order chi connectivity index (χ0) is 11.0. The highest BCUT2D eigenvalue weighted by Gasteiger charge is 2.33. The van der Waals surface area contributed by atoms with Crippen molar-refractivity contribution in [2.24, 2.45) is 5.92 Å². The minimum absolute atomic E-state index is 0.587. The smallest absolute Gasteiger partial charge is 0.129 e. The molecule has 2 nitrogen and oxygen atoms in total. The van der Waals surface area contributed by atoms with Gasteiger partial charge in [0.15, 0.2) is 0 Å². The lowest BCUT2D eigenvalue weighted by molar-refractivity contribution is 0.244. The number of pyridine rings is 1. The Kier molecular flexibility index (Phi) is 2.86. The van der Waals surface area contributed by atoms with Gasteiger partial charge in [0.25, 0.3) is 0 Å². The van der Waals surface area contributed by atoms with Gasteiger partial charge >= 0.3 is 0 Å². The maximum Gasteiger partial charge on any atom is 0.129 e. The van der Waals surface area contributed by atoms with E-state index in [2.05, 4.69) is 16.0 Å². The van der Waals surface area contributed by atoms with Crippen molar-refractivity contribution in [3.05, 3.63) is 29.0 Å². The number of hydrogen-bond donors (Lipinski definition) is 0. The summed E-state index contributed by atoms with van der Waals surface area (Å²) in [5, 5.41) is 0.587. The van der Waals surface area contributed by atoms with Crippen molar-refractivity contribution in [2.75, 3.05) is 6.54 Å². The average molecular weight is 237 g/mol. The van der Waals surface area contributed by atoms with Crippen LogP contribution in [0.5, 0.6) is 0 Å². The average Bonchev–Trinajstić information content (AvgIpc) is 3.14. The van der Waals surface area contributed by atoms with Gasteiger partial charge in [-0.05, 0) is 43.2 Å². The van der Waals surface area contributed by atoms with Crippen LogP contribution in [0.1, 0.15) is 31.2 Å². The summed E-state index contributed by atoms with van der Waals surface area (Å²) >= 11 is 5.79. The Morgan fingerprint density at radius 3 is 2.62 bits per heavy atom. The fourth-order valence-electron chi connectivity index (χ4n) is 2.15. The minimum atomic E-state index is 0.587. The second-order valence-corrected chi connectivity index (χ2v) is 5.48. The summed E-state index contributed by atoms with van der Waals surface area (Å²) in [7, 11) is 0. The fraction of sp³-hybridized carbons (Fsp3) is 0.615. The summed E-state index contributed by atoms with van der Waals surface area (Å²) in [4.78, 5) is 6.77. The number of rotatable bonds is 5. The molecule has 0 amide bonds. The maximum absolute atomic E-state index is 5.79. The first kappa shape index (κ1) is 10.5. The van der Waals surface area contributed by atoms with Gasteiger partial charge in [0, 0.05) is 25.3 Å². The Balaban J connectivity index is 1.63. The van der Waals surface area contributed by atoms with Crippen LogP contribution in [0, 0.1) is 5.92 Å². The van der Waals surface area contributed by atoms with E-state index in [1.165, 1.54) is 37.8 Å². The van der Waals surface area contributed by atoms with Gasteiger partial charge in [0.2, 0.25) is 0 Å². The summed E-state index contributed by atoms with van der Waals surface area (Å²) in [5.41, 5.74) is 1.29. The van der Waals surface area contributed by atoms with Crippen LogP contribution in [0.15, 0.2) is 18.3 Å². The van der Waals surface area contributed by atoms with Gasteiger partial charge in [-0.25, -0.2) is 4.98 Å². The Bertz CT molecular complexity index is 355. The van der Waals surface area contributed by atoms with Crippen LogP contribution in [-0.2, 0) is 6.54 Å². The molecular formula is C13H17ClN2. The van der Waals surface area contributed by atoms with E-state index < -0.39 is 0 Å². The molecule has 0 radical (unpaired) electrons. The van der Waals surface area contributed by atoms with E-state index in [0.29, 0.717) is 5.15 Å². The first-order valence-electron chi connectivity index (χ1n) is 6.16. The second kappa shape index (κ2) is 4.34. The standard InChI is InChI=1S/C13H17ClN2/c14-13-6-3-11(7-15-13)9-16(12-4-5-12)8-10-1-2-10/h3,6-7,10,12H,1-2,4-5,8-9H2. The lowest BCUT2D eigenvalue weighted by Gasteiger charge is -2.21. The van der Waals surface area contributed by atoms with Gasteiger partial charge in [0.05, 0.1) is 0 Å². The number of aromatic nitrogens is 1. The maximum atomic E-state index is 5.79. The Morgan fingerprint density at radius 2 is 2.06 bits per heavy atom. The third kappa shape index (κ3) is 2.74. The quantitative estimate of drug-likeness (QED) is 0.731. The first-order valence-corrected chi connectivity index (χ1v) is 6.53. The SMILES string of the molecule is Clc1ccc(CN(CC2CC2)C2CC2)cn1. The number of nitrogens with zero attached hydrogens (tertiary/aromatic N) is 2. The summed E-state index contributed by atoms with van der Waals surface area (Å²) in [6, 6.07) is 4.83. The van der Waals surface area contributed by atoms with Gasteiger partial charge < -0.3 is 0 Å².